The Hall–Kier alpha value is -2.55. The first-order valence-electron chi connectivity index (χ1n) is 13.8. The van der Waals surface area contributed by atoms with Crippen LogP contribution in [0.2, 0.25) is 0 Å². The van der Waals surface area contributed by atoms with Gasteiger partial charge in [0.2, 0.25) is 12.3 Å². The lowest BCUT2D eigenvalue weighted by atomic mass is 9.85. The zero-order valence-electron chi connectivity index (χ0n) is 21.6. The SMILES string of the molecule is Cc1cccnc1OC1CCC(CCn2nc(C(=O)N3CCC(O)CC3)c3c2CC(C(F)F)CC3)CC1. The van der Waals surface area contributed by atoms with Crippen molar-refractivity contribution in [3.05, 3.63) is 40.8 Å². The Morgan fingerprint density at radius 3 is 2.62 bits per heavy atom. The zero-order chi connectivity index (χ0) is 25.9. The van der Waals surface area contributed by atoms with E-state index in [0.29, 0.717) is 62.8 Å². The molecule has 0 spiro atoms. The van der Waals surface area contributed by atoms with Gasteiger partial charge >= 0.3 is 0 Å². The Bertz CT molecular complexity index is 1080. The van der Waals surface area contributed by atoms with Crippen molar-refractivity contribution in [2.75, 3.05) is 13.1 Å². The molecule has 1 amide bonds. The van der Waals surface area contributed by atoms with E-state index in [4.69, 9.17) is 9.84 Å². The molecule has 9 heteroatoms. The molecule has 0 aromatic carbocycles. The van der Waals surface area contributed by atoms with E-state index < -0.39 is 12.3 Å². The standard InChI is InChI=1S/C28H38F2N4O3/c1-18-3-2-13-31-27(18)37-22-7-4-19(5-8-22)10-16-34-24-17-20(26(29)30)6-9-23(24)25(32-34)28(36)33-14-11-21(35)12-15-33/h2-3,13,19-22,26,35H,4-12,14-17H2,1H3. The first-order chi connectivity index (χ1) is 17.9. The molecule has 1 unspecified atom stereocenters. The molecular weight excluding hydrogens is 478 g/mol. The average molecular weight is 517 g/mol. The van der Waals surface area contributed by atoms with Crippen LogP contribution in [0.1, 0.15) is 78.7 Å². The number of hydrogen-bond donors (Lipinski definition) is 1. The van der Waals surface area contributed by atoms with E-state index in [9.17, 15) is 18.7 Å². The van der Waals surface area contributed by atoms with Crippen LogP contribution >= 0.6 is 0 Å². The van der Waals surface area contributed by atoms with Crippen LogP contribution < -0.4 is 4.74 Å². The number of rotatable bonds is 7. The molecule has 3 heterocycles. The summed E-state index contributed by atoms with van der Waals surface area (Å²) in [6, 6.07) is 3.91. The fraction of sp³-hybridized carbons (Fsp3) is 0.679. The fourth-order valence-electron chi connectivity index (χ4n) is 6.09. The van der Waals surface area contributed by atoms with Gasteiger partial charge in [0, 0.05) is 48.6 Å². The lowest BCUT2D eigenvalue weighted by molar-refractivity contribution is 0.0539. The Morgan fingerprint density at radius 1 is 1.16 bits per heavy atom. The van der Waals surface area contributed by atoms with E-state index >= 15 is 0 Å². The predicted octanol–water partition coefficient (Wildman–Crippen LogP) is 4.58. The number of aliphatic hydroxyl groups excluding tert-OH is 1. The van der Waals surface area contributed by atoms with Crippen molar-refractivity contribution in [2.45, 2.75) is 96.3 Å². The topological polar surface area (TPSA) is 80.5 Å². The minimum atomic E-state index is -2.36. The number of ether oxygens (including phenoxy) is 1. The second-order valence-electron chi connectivity index (χ2n) is 11.0. The molecule has 7 nitrogen and oxygen atoms in total. The third kappa shape index (κ3) is 5.97. The highest BCUT2D eigenvalue weighted by Crippen LogP contribution is 2.34. The van der Waals surface area contributed by atoms with Gasteiger partial charge in [0.1, 0.15) is 6.10 Å². The number of hydrogen-bond acceptors (Lipinski definition) is 5. The summed E-state index contributed by atoms with van der Waals surface area (Å²) in [5, 5.41) is 14.5. The van der Waals surface area contributed by atoms with Crippen LogP contribution in [0.25, 0.3) is 0 Å². The fourth-order valence-corrected chi connectivity index (χ4v) is 6.09. The van der Waals surface area contributed by atoms with Gasteiger partial charge in [0.15, 0.2) is 5.69 Å². The van der Waals surface area contributed by atoms with Crippen molar-refractivity contribution in [1.82, 2.24) is 19.7 Å². The van der Waals surface area contributed by atoms with Gasteiger partial charge in [-0.25, -0.2) is 13.8 Å². The van der Waals surface area contributed by atoms with Crippen LogP contribution in [0, 0.1) is 18.8 Å². The first kappa shape index (κ1) is 26.1. The number of alkyl halides is 2. The number of fused-ring (bicyclic) bond motifs is 1. The summed E-state index contributed by atoms with van der Waals surface area (Å²) < 4.78 is 35.2. The number of nitrogens with zero attached hydrogens (tertiary/aromatic N) is 4. The van der Waals surface area contributed by atoms with Crippen molar-refractivity contribution in [1.29, 1.82) is 0 Å². The highest BCUT2D eigenvalue weighted by atomic mass is 19.3. The van der Waals surface area contributed by atoms with E-state index in [1.165, 1.54) is 0 Å². The third-order valence-corrected chi connectivity index (χ3v) is 8.48. The highest BCUT2D eigenvalue weighted by molar-refractivity contribution is 5.94. The molecule has 2 aromatic rings. The Balaban J connectivity index is 1.23. The lowest BCUT2D eigenvalue weighted by Gasteiger charge is -2.29. The number of halogens is 2. The quantitative estimate of drug-likeness (QED) is 0.583. The second-order valence-corrected chi connectivity index (χ2v) is 11.0. The van der Waals surface area contributed by atoms with Crippen LogP contribution in [0.3, 0.4) is 0 Å². The lowest BCUT2D eigenvalue weighted by Crippen LogP contribution is -2.40. The van der Waals surface area contributed by atoms with E-state index in [2.05, 4.69) is 4.98 Å². The summed E-state index contributed by atoms with van der Waals surface area (Å²) in [5.74, 6) is 0.420. The van der Waals surface area contributed by atoms with E-state index in [0.717, 1.165) is 48.9 Å². The molecule has 3 aliphatic rings. The Morgan fingerprint density at radius 2 is 1.92 bits per heavy atom. The maximum atomic E-state index is 13.6. The van der Waals surface area contributed by atoms with Gasteiger partial charge in [0.25, 0.3) is 5.91 Å². The molecule has 2 aliphatic carbocycles. The normalized spacial score (nSPS) is 24.8. The van der Waals surface area contributed by atoms with Crippen LogP contribution in [0.15, 0.2) is 18.3 Å². The number of aromatic nitrogens is 3. The number of carbonyl (C=O) groups excluding carboxylic acids is 1. The molecule has 0 bridgehead atoms. The van der Waals surface area contributed by atoms with Crippen LogP contribution in [0.5, 0.6) is 5.88 Å². The maximum absolute atomic E-state index is 13.6. The van der Waals surface area contributed by atoms with Crippen LogP contribution in [0.4, 0.5) is 8.78 Å². The number of aryl methyl sites for hydroxylation is 2. The van der Waals surface area contributed by atoms with Crippen molar-refractivity contribution < 1.29 is 23.4 Å². The van der Waals surface area contributed by atoms with Crippen molar-refractivity contribution in [3.8, 4) is 5.88 Å². The maximum Gasteiger partial charge on any atom is 0.274 e. The molecule has 2 fully saturated rings. The summed E-state index contributed by atoms with van der Waals surface area (Å²) in [6.45, 7) is 3.65. The molecule has 5 rings (SSSR count). The Labute approximate surface area is 217 Å². The number of amides is 1. The highest BCUT2D eigenvalue weighted by Gasteiger charge is 2.35. The number of likely N-dealkylation sites (tertiary alicyclic amines) is 1. The van der Waals surface area contributed by atoms with Gasteiger partial charge in [-0.05, 0) is 83.1 Å². The molecule has 1 N–H and O–H groups in total. The summed E-state index contributed by atoms with van der Waals surface area (Å²) in [4.78, 5) is 19.4. The molecule has 37 heavy (non-hydrogen) atoms. The van der Waals surface area contributed by atoms with Gasteiger partial charge in [-0.2, -0.15) is 5.10 Å². The Kier molecular flexibility index (Phi) is 8.07. The number of pyridine rings is 1. The molecule has 1 saturated heterocycles. The zero-order valence-corrected chi connectivity index (χ0v) is 21.6. The van der Waals surface area contributed by atoms with E-state index in [1.807, 2.05) is 23.7 Å². The minimum absolute atomic E-state index is 0.125. The van der Waals surface area contributed by atoms with Crippen molar-refractivity contribution in [3.63, 3.8) is 0 Å². The molecule has 1 atom stereocenters. The molecule has 2 aromatic heterocycles. The minimum Gasteiger partial charge on any atom is -0.474 e. The summed E-state index contributed by atoms with van der Waals surface area (Å²) in [7, 11) is 0. The van der Waals surface area contributed by atoms with Crippen molar-refractivity contribution >= 4 is 5.91 Å². The van der Waals surface area contributed by atoms with E-state index in [-0.39, 0.29) is 24.5 Å². The molecule has 1 aliphatic heterocycles. The third-order valence-electron chi connectivity index (χ3n) is 8.48. The van der Waals surface area contributed by atoms with Gasteiger partial charge in [-0.15, -0.1) is 0 Å². The molecule has 202 valence electrons. The number of piperidine rings is 1. The van der Waals surface area contributed by atoms with E-state index in [1.54, 1.807) is 11.1 Å². The van der Waals surface area contributed by atoms with Gasteiger partial charge in [-0.1, -0.05) is 6.07 Å². The molecular formula is C28H38F2N4O3. The van der Waals surface area contributed by atoms with Crippen LogP contribution in [-0.4, -0.2) is 62.4 Å². The first-order valence-corrected chi connectivity index (χ1v) is 13.8. The summed E-state index contributed by atoms with van der Waals surface area (Å²) in [6.07, 6.45) is 6.38. The van der Waals surface area contributed by atoms with Gasteiger partial charge in [-0.3, -0.25) is 9.48 Å². The second kappa shape index (κ2) is 11.5. The molecule has 0 radical (unpaired) electrons. The largest absolute Gasteiger partial charge is 0.474 e. The average Bonchev–Trinajstić information content (AvgIpc) is 3.27. The monoisotopic (exact) mass is 516 g/mol. The smallest absolute Gasteiger partial charge is 0.274 e. The van der Waals surface area contributed by atoms with Gasteiger partial charge in [0.05, 0.1) is 6.10 Å². The van der Waals surface area contributed by atoms with Crippen molar-refractivity contribution in [2.24, 2.45) is 11.8 Å². The van der Waals surface area contributed by atoms with Crippen LogP contribution in [-0.2, 0) is 19.4 Å². The molecule has 1 saturated carbocycles. The summed E-state index contributed by atoms with van der Waals surface area (Å²) in [5.41, 5.74) is 3.15. The number of carbonyl (C=O) groups is 1. The van der Waals surface area contributed by atoms with Gasteiger partial charge < -0.3 is 14.7 Å². The summed E-state index contributed by atoms with van der Waals surface area (Å²) >= 11 is 0. The predicted molar refractivity (Wildman–Crippen MR) is 135 cm³/mol. The number of aliphatic hydroxyl groups is 1.